The van der Waals surface area contributed by atoms with Crippen molar-refractivity contribution in [1.82, 2.24) is 0 Å². The molecule has 0 saturated heterocycles. The van der Waals surface area contributed by atoms with Crippen LogP contribution in [0.3, 0.4) is 0 Å². The van der Waals surface area contributed by atoms with Crippen LogP contribution < -0.4 is 10.1 Å². The zero-order chi connectivity index (χ0) is 14.5. The third kappa shape index (κ3) is 3.24. The van der Waals surface area contributed by atoms with Crippen LogP contribution in [0.4, 0.5) is 5.69 Å². The van der Waals surface area contributed by atoms with Crippen molar-refractivity contribution in [3.05, 3.63) is 46.9 Å². The smallest absolute Gasteiger partial charge is 0.373 e. The summed E-state index contributed by atoms with van der Waals surface area (Å²) in [4.78, 5) is 11.3. The summed E-state index contributed by atoms with van der Waals surface area (Å²) in [5, 5.41) is 3.74. The van der Waals surface area contributed by atoms with Crippen molar-refractivity contribution in [1.29, 1.82) is 0 Å². The van der Waals surface area contributed by atoms with Gasteiger partial charge in [-0.25, -0.2) is 4.79 Å². The number of carbonyl (C=O) groups is 1. The Balaban J connectivity index is 2.07. The quantitative estimate of drug-likeness (QED) is 0.857. The van der Waals surface area contributed by atoms with Gasteiger partial charge in [0.2, 0.25) is 5.76 Å². The van der Waals surface area contributed by atoms with Gasteiger partial charge in [0.15, 0.2) is 0 Å². The molecule has 2 rings (SSSR count). The van der Waals surface area contributed by atoms with Crippen LogP contribution in [0.15, 0.2) is 34.7 Å². The Morgan fingerprint density at radius 2 is 2.10 bits per heavy atom. The highest BCUT2D eigenvalue weighted by Crippen LogP contribution is 2.28. The number of benzene rings is 1. The maximum absolute atomic E-state index is 11.3. The van der Waals surface area contributed by atoms with Crippen LogP contribution in [0.2, 0.25) is 5.02 Å². The Morgan fingerprint density at radius 1 is 1.30 bits per heavy atom. The number of hydrogen-bond acceptors (Lipinski definition) is 5. The molecule has 1 aromatic carbocycles. The van der Waals surface area contributed by atoms with Crippen molar-refractivity contribution in [3.8, 4) is 5.75 Å². The second-order valence-corrected chi connectivity index (χ2v) is 4.39. The van der Waals surface area contributed by atoms with Crippen LogP contribution in [0.25, 0.3) is 0 Å². The number of methoxy groups -OCH3 is 2. The molecule has 2 aromatic rings. The summed E-state index contributed by atoms with van der Waals surface area (Å²) in [6, 6.07) is 8.54. The zero-order valence-electron chi connectivity index (χ0n) is 11.1. The molecular weight excluding hydrogens is 282 g/mol. The van der Waals surface area contributed by atoms with Crippen molar-refractivity contribution < 1.29 is 18.7 Å². The van der Waals surface area contributed by atoms with Gasteiger partial charge in [0.1, 0.15) is 11.5 Å². The summed E-state index contributed by atoms with van der Waals surface area (Å²) in [6.45, 7) is 0.397. The number of halogens is 1. The van der Waals surface area contributed by atoms with Gasteiger partial charge in [-0.3, -0.25) is 0 Å². The molecule has 0 aliphatic carbocycles. The van der Waals surface area contributed by atoms with Crippen LogP contribution in [-0.2, 0) is 11.3 Å². The van der Waals surface area contributed by atoms with E-state index < -0.39 is 5.97 Å². The summed E-state index contributed by atoms with van der Waals surface area (Å²) in [7, 11) is 2.89. The van der Waals surface area contributed by atoms with Gasteiger partial charge in [-0.1, -0.05) is 11.6 Å². The van der Waals surface area contributed by atoms with Gasteiger partial charge in [-0.15, -0.1) is 0 Å². The van der Waals surface area contributed by atoms with E-state index in [0.29, 0.717) is 23.1 Å². The highest BCUT2D eigenvalue weighted by atomic mass is 35.5. The molecule has 0 radical (unpaired) electrons. The van der Waals surface area contributed by atoms with Crippen molar-refractivity contribution in [3.63, 3.8) is 0 Å². The second-order valence-electron chi connectivity index (χ2n) is 3.96. The number of ether oxygens (including phenoxy) is 2. The molecule has 0 aliphatic rings. The fourth-order valence-corrected chi connectivity index (χ4v) is 1.86. The lowest BCUT2D eigenvalue weighted by atomic mass is 10.3. The number of nitrogens with one attached hydrogen (secondary N) is 1. The summed E-state index contributed by atoms with van der Waals surface area (Å²) < 4.78 is 15.1. The minimum Gasteiger partial charge on any atom is -0.495 e. The molecule has 0 atom stereocenters. The molecule has 20 heavy (non-hydrogen) atoms. The average molecular weight is 296 g/mol. The first-order valence-electron chi connectivity index (χ1n) is 5.88. The molecule has 0 amide bonds. The molecule has 1 heterocycles. The molecular formula is C14H14ClNO4. The van der Waals surface area contributed by atoms with Crippen LogP contribution in [0, 0.1) is 0 Å². The topological polar surface area (TPSA) is 60.7 Å². The lowest BCUT2D eigenvalue weighted by Crippen LogP contribution is -2.01. The maximum Gasteiger partial charge on any atom is 0.373 e. The molecule has 0 aliphatic heterocycles. The predicted octanol–water partition coefficient (Wildman–Crippen LogP) is 3.34. The molecule has 0 fully saturated rings. The third-order valence-corrected chi connectivity index (χ3v) is 2.90. The molecule has 0 bridgehead atoms. The first kappa shape index (κ1) is 14.3. The van der Waals surface area contributed by atoms with E-state index in [0.717, 1.165) is 5.69 Å². The second kappa shape index (κ2) is 6.34. The lowest BCUT2D eigenvalue weighted by molar-refractivity contribution is 0.0563. The Bertz CT molecular complexity index is 609. The lowest BCUT2D eigenvalue weighted by Gasteiger charge is -2.10. The molecule has 0 spiro atoms. The van der Waals surface area contributed by atoms with Gasteiger partial charge < -0.3 is 19.2 Å². The van der Waals surface area contributed by atoms with Gasteiger partial charge in [0.05, 0.1) is 26.5 Å². The maximum atomic E-state index is 11.3. The van der Waals surface area contributed by atoms with Crippen molar-refractivity contribution in [2.24, 2.45) is 0 Å². The van der Waals surface area contributed by atoms with Crippen molar-refractivity contribution in [2.75, 3.05) is 19.5 Å². The van der Waals surface area contributed by atoms with Crippen molar-refractivity contribution in [2.45, 2.75) is 6.54 Å². The number of anilines is 1. The molecule has 0 unspecified atom stereocenters. The summed E-state index contributed by atoms with van der Waals surface area (Å²) in [5.41, 5.74) is 0.746. The third-order valence-electron chi connectivity index (χ3n) is 2.66. The number of furan rings is 1. The number of esters is 1. The SMILES string of the molecule is COC(=O)c1ccc(CNc2cc(Cl)ccc2OC)o1. The largest absolute Gasteiger partial charge is 0.495 e. The van der Waals surface area contributed by atoms with Gasteiger partial charge in [0.25, 0.3) is 0 Å². The Hall–Kier alpha value is -2.14. The highest BCUT2D eigenvalue weighted by Gasteiger charge is 2.11. The van der Waals surface area contributed by atoms with E-state index in [-0.39, 0.29) is 5.76 Å². The molecule has 1 N–H and O–H groups in total. The fourth-order valence-electron chi connectivity index (χ4n) is 1.68. The molecule has 0 saturated carbocycles. The van der Waals surface area contributed by atoms with E-state index >= 15 is 0 Å². The van der Waals surface area contributed by atoms with Gasteiger partial charge in [-0.05, 0) is 30.3 Å². The average Bonchev–Trinajstić information content (AvgIpc) is 2.93. The first-order chi connectivity index (χ1) is 9.63. The standard InChI is InChI=1S/C14H14ClNO4/c1-18-12-5-3-9(15)7-11(12)16-8-10-4-6-13(20-10)14(17)19-2/h3-7,16H,8H2,1-2H3. The highest BCUT2D eigenvalue weighted by molar-refractivity contribution is 6.30. The van der Waals surface area contributed by atoms with E-state index in [4.69, 9.17) is 20.8 Å². The van der Waals surface area contributed by atoms with E-state index in [9.17, 15) is 4.79 Å². The number of carbonyl (C=O) groups excluding carboxylic acids is 1. The van der Waals surface area contributed by atoms with E-state index in [1.54, 1.807) is 37.4 Å². The van der Waals surface area contributed by atoms with Gasteiger partial charge >= 0.3 is 5.97 Å². The summed E-state index contributed by atoms with van der Waals surface area (Å²) in [6.07, 6.45) is 0. The summed E-state index contributed by atoms with van der Waals surface area (Å²) >= 11 is 5.94. The zero-order valence-corrected chi connectivity index (χ0v) is 11.9. The number of rotatable bonds is 5. The van der Waals surface area contributed by atoms with Crippen LogP contribution in [-0.4, -0.2) is 20.2 Å². The van der Waals surface area contributed by atoms with Gasteiger partial charge in [0, 0.05) is 5.02 Å². The Kier molecular flexibility index (Phi) is 4.53. The van der Waals surface area contributed by atoms with Crippen LogP contribution in [0.1, 0.15) is 16.3 Å². The minimum absolute atomic E-state index is 0.169. The predicted molar refractivity (Wildman–Crippen MR) is 75.4 cm³/mol. The first-order valence-corrected chi connectivity index (χ1v) is 6.26. The van der Waals surface area contributed by atoms with E-state index in [1.165, 1.54) is 7.11 Å². The molecule has 106 valence electrons. The fraction of sp³-hybridized carbons (Fsp3) is 0.214. The van der Waals surface area contributed by atoms with Crippen LogP contribution in [0.5, 0.6) is 5.75 Å². The summed E-state index contributed by atoms with van der Waals surface area (Å²) in [5.74, 6) is 0.945. The van der Waals surface area contributed by atoms with E-state index in [2.05, 4.69) is 10.1 Å². The van der Waals surface area contributed by atoms with Crippen molar-refractivity contribution >= 4 is 23.3 Å². The molecule has 6 heteroatoms. The van der Waals surface area contributed by atoms with Crippen LogP contribution >= 0.6 is 11.6 Å². The molecule has 5 nitrogen and oxygen atoms in total. The Morgan fingerprint density at radius 3 is 2.80 bits per heavy atom. The normalized spacial score (nSPS) is 10.2. The monoisotopic (exact) mass is 295 g/mol. The number of hydrogen-bond donors (Lipinski definition) is 1. The van der Waals surface area contributed by atoms with E-state index in [1.807, 2.05) is 0 Å². The minimum atomic E-state index is -0.503. The molecule has 1 aromatic heterocycles. The van der Waals surface area contributed by atoms with Gasteiger partial charge in [-0.2, -0.15) is 0 Å². The Labute approximate surface area is 121 Å².